The lowest BCUT2D eigenvalue weighted by atomic mass is 9.92. The summed E-state index contributed by atoms with van der Waals surface area (Å²) in [7, 11) is 0. The molecule has 0 saturated heterocycles. The highest BCUT2D eigenvalue weighted by Gasteiger charge is 2.28. The molecule has 3 rings (SSSR count). The van der Waals surface area contributed by atoms with Crippen LogP contribution in [0.4, 0.5) is 0 Å². The minimum Gasteiger partial charge on any atom is -0.490 e. The van der Waals surface area contributed by atoms with Crippen LogP contribution in [0.25, 0.3) is 5.57 Å². The van der Waals surface area contributed by atoms with Crippen molar-refractivity contribution in [1.29, 1.82) is 0 Å². The Morgan fingerprint density at radius 1 is 1.04 bits per heavy atom. The van der Waals surface area contributed by atoms with Gasteiger partial charge in [0.2, 0.25) is 0 Å². The second kappa shape index (κ2) is 7.84. The fourth-order valence-corrected chi connectivity index (χ4v) is 3.04. The molecule has 2 aromatic rings. The molecule has 3 heteroatoms. The summed E-state index contributed by atoms with van der Waals surface area (Å²) in [5, 5.41) is 0. The zero-order valence-corrected chi connectivity index (χ0v) is 14.6. The maximum atomic E-state index is 12.5. The molecule has 0 saturated carbocycles. The van der Waals surface area contributed by atoms with Crippen molar-refractivity contribution in [2.75, 3.05) is 6.61 Å². The van der Waals surface area contributed by atoms with Crippen LogP contribution in [0.3, 0.4) is 0 Å². The Morgan fingerprint density at radius 2 is 1.68 bits per heavy atom. The van der Waals surface area contributed by atoms with Gasteiger partial charge in [-0.05, 0) is 36.6 Å². The van der Waals surface area contributed by atoms with E-state index in [2.05, 4.69) is 12.1 Å². The van der Waals surface area contributed by atoms with Gasteiger partial charge in [-0.25, -0.2) is 4.79 Å². The van der Waals surface area contributed by atoms with Crippen molar-refractivity contribution in [1.82, 2.24) is 0 Å². The van der Waals surface area contributed by atoms with Gasteiger partial charge >= 0.3 is 5.97 Å². The summed E-state index contributed by atoms with van der Waals surface area (Å²) in [6.07, 6.45) is 2.67. The molecule has 0 radical (unpaired) electrons. The van der Waals surface area contributed by atoms with Gasteiger partial charge in [-0.1, -0.05) is 60.7 Å². The van der Waals surface area contributed by atoms with Crippen molar-refractivity contribution < 1.29 is 14.3 Å². The molecule has 3 nitrogen and oxygen atoms in total. The van der Waals surface area contributed by atoms with E-state index >= 15 is 0 Å². The van der Waals surface area contributed by atoms with E-state index in [9.17, 15) is 4.79 Å². The topological polar surface area (TPSA) is 35.5 Å². The lowest BCUT2D eigenvalue weighted by Crippen LogP contribution is -2.22. The molecule has 1 aliphatic rings. The minimum atomic E-state index is -0.340. The van der Waals surface area contributed by atoms with Crippen LogP contribution < -0.4 is 0 Å². The molecular weight excluding hydrogens is 312 g/mol. The Hall–Kier alpha value is -2.81. The molecule has 25 heavy (non-hydrogen) atoms. The number of allylic oxidation sites excluding steroid dienone is 1. The maximum absolute atomic E-state index is 12.5. The Morgan fingerprint density at radius 3 is 2.32 bits per heavy atom. The smallest absolute Gasteiger partial charge is 0.342 e. The fraction of sp³-hybridized carbons (Fsp3) is 0.227. The first-order chi connectivity index (χ1) is 12.2. The number of carbonyl (C=O) groups is 1. The van der Waals surface area contributed by atoms with Crippen LogP contribution in [-0.2, 0) is 20.7 Å². The average molecular weight is 334 g/mol. The van der Waals surface area contributed by atoms with Crippen LogP contribution in [0.15, 0.2) is 78.1 Å². The maximum Gasteiger partial charge on any atom is 0.342 e. The van der Waals surface area contributed by atoms with Crippen molar-refractivity contribution in [2.24, 2.45) is 0 Å². The normalized spacial score (nSPS) is 16.9. The first-order valence-electron chi connectivity index (χ1n) is 8.55. The van der Waals surface area contributed by atoms with Crippen LogP contribution in [-0.4, -0.2) is 18.7 Å². The minimum absolute atomic E-state index is 0.115. The summed E-state index contributed by atoms with van der Waals surface area (Å²) >= 11 is 0. The molecule has 1 heterocycles. The number of esters is 1. The molecule has 1 unspecified atom stereocenters. The zero-order chi connectivity index (χ0) is 17.6. The van der Waals surface area contributed by atoms with Crippen molar-refractivity contribution >= 4 is 11.5 Å². The number of hydrogen-bond acceptors (Lipinski definition) is 3. The molecule has 128 valence electrons. The van der Waals surface area contributed by atoms with Crippen LogP contribution in [0.2, 0.25) is 0 Å². The summed E-state index contributed by atoms with van der Waals surface area (Å²) in [5.41, 5.74) is 3.58. The van der Waals surface area contributed by atoms with Gasteiger partial charge in [0.15, 0.2) is 0 Å². The van der Waals surface area contributed by atoms with Crippen molar-refractivity contribution in [2.45, 2.75) is 26.4 Å². The highest BCUT2D eigenvalue weighted by Crippen LogP contribution is 2.33. The molecule has 1 aliphatic heterocycles. The molecule has 0 aliphatic carbocycles. The Bertz CT molecular complexity index is 789. The van der Waals surface area contributed by atoms with E-state index in [1.807, 2.05) is 68.5 Å². The molecule has 0 aromatic heterocycles. The van der Waals surface area contributed by atoms with E-state index in [0.29, 0.717) is 17.9 Å². The number of benzene rings is 2. The van der Waals surface area contributed by atoms with Crippen LogP contribution in [0.5, 0.6) is 0 Å². The van der Waals surface area contributed by atoms with Gasteiger partial charge in [0.25, 0.3) is 0 Å². The molecule has 0 fully saturated rings. The fourth-order valence-electron chi connectivity index (χ4n) is 3.04. The monoisotopic (exact) mass is 334 g/mol. The lowest BCUT2D eigenvalue weighted by Gasteiger charge is -2.26. The molecule has 0 bridgehead atoms. The third kappa shape index (κ3) is 4.00. The predicted molar refractivity (Wildman–Crippen MR) is 98.8 cm³/mol. The number of ether oxygens (including phenoxy) is 2. The molecule has 0 N–H and O–H groups in total. The summed E-state index contributed by atoms with van der Waals surface area (Å²) in [4.78, 5) is 12.5. The van der Waals surface area contributed by atoms with Crippen LogP contribution in [0, 0.1) is 0 Å². The molecule has 1 atom stereocenters. The SMILES string of the molecule is CCOC(=O)C1=C(C)OC(Cc2ccccc2)C=C1c1ccccc1. The van der Waals surface area contributed by atoms with E-state index in [0.717, 1.165) is 17.6 Å². The third-order valence-electron chi connectivity index (χ3n) is 4.15. The number of hydrogen-bond donors (Lipinski definition) is 0. The van der Waals surface area contributed by atoms with E-state index in [4.69, 9.17) is 9.47 Å². The van der Waals surface area contributed by atoms with Gasteiger partial charge in [-0.15, -0.1) is 0 Å². The van der Waals surface area contributed by atoms with Gasteiger partial charge in [0, 0.05) is 6.42 Å². The van der Waals surface area contributed by atoms with Crippen molar-refractivity contribution in [3.8, 4) is 0 Å². The van der Waals surface area contributed by atoms with E-state index in [-0.39, 0.29) is 12.1 Å². The Balaban J connectivity index is 1.96. The summed E-state index contributed by atoms with van der Waals surface area (Å²) in [6, 6.07) is 20.1. The van der Waals surface area contributed by atoms with E-state index in [1.54, 1.807) is 0 Å². The van der Waals surface area contributed by atoms with Crippen molar-refractivity contribution in [3.63, 3.8) is 0 Å². The first-order valence-corrected chi connectivity index (χ1v) is 8.55. The summed E-state index contributed by atoms with van der Waals surface area (Å²) in [5.74, 6) is 0.272. The summed E-state index contributed by atoms with van der Waals surface area (Å²) in [6.45, 7) is 3.98. The zero-order valence-electron chi connectivity index (χ0n) is 14.6. The van der Waals surface area contributed by atoms with Gasteiger partial charge in [-0.3, -0.25) is 0 Å². The van der Waals surface area contributed by atoms with Crippen LogP contribution in [0.1, 0.15) is 25.0 Å². The second-order valence-corrected chi connectivity index (χ2v) is 5.94. The van der Waals surface area contributed by atoms with Crippen LogP contribution >= 0.6 is 0 Å². The first kappa shape index (κ1) is 17.0. The quantitative estimate of drug-likeness (QED) is 0.753. The molecule has 0 amide bonds. The Labute approximate surface area is 148 Å². The number of carbonyl (C=O) groups excluding carboxylic acids is 1. The second-order valence-electron chi connectivity index (χ2n) is 5.94. The largest absolute Gasteiger partial charge is 0.490 e. The molecule has 2 aromatic carbocycles. The highest BCUT2D eigenvalue weighted by atomic mass is 16.5. The van der Waals surface area contributed by atoms with E-state index < -0.39 is 0 Å². The lowest BCUT2D eigenvalue weighted by molar-refractivity contribution is -0.138. The molecular formula is C22H22O3. The Kier molecular flexibility index (Phi) is 5.34. The number of rotatable bonds is 5. The van der Waals surface area contributed by atoms with Gasteiger partial charge in [-0.2, -0.15) is 0 Å². The highest BCUT2D eigenvalue weighted by molar-refractivity contribution is 6.07. The van der Waals surface area contributed by atoms with Gasteiger partial charge < -0.3 is 9.47 Å². The predicted octanol–water partition coefficient (Wildman–Crippen LogP) is 4.55. The van der Waals surface area contributed by atoms with Gasteiger partial charge in [0.1, 0.15) is 17.4 Å². The summed E-state index contributed by atoms with van der Waals surface area (Å²) < 4.78 is 11.3. The molecule has 0 spiro atoms. The van der Waals surface area contributed by atoms with Gasteiger partial charge in [0.05, 0.1) is 6.61 Å². The van der Waals surface area contributed by atoms with E-state index in [1.165, 1.54) is 5.56 Å². The third-order valence-corrected chi connectivity index (χ3v) is 4.15. The standard InChI is InChI=1S/C22H22O3/c1-3-24-22(23)21-16(2)25-19(14-17-10-6-4-7-11-17)15-20(21)18-12-8-5-9-13-18/h4-13,15,19H,3,14H2,1-2H3. The average Bonchev–Trinajstić information content (AvgIpc) is 2.63. The van der Waals surface area contributed by atoms with Crippen molar-refractivity contribution in [3.05, 3.63) is 89.2 Å².